The first-order valence-corrected chi connectivity index (χ1v) is 15.8. The minimum absolute atomic E-state index is 0.0139. The number of hydrogen-bond donors (Lipinski definition) is 3. The summed E-state index contributed by atoms with van der Waals surface area (Å²) in [5.74, 6) is -2.06. The van der Waals surface area contributed by atoms with E-state index in [1.165, 1.54) is 17.7 Å². The SMILES string of the molecule is CCCN(CCC)C(=O)c1cc(C)cc(C(=O)N[C@@H](Cc2cc(F)cc(F)c2)[C@H](O)CNC2(c3cccc(CC)c3)CC2)c1. The predicted molar refractivity (Wildman–Crippen MR) is 170 cm³/mol. The van der Waals surface area contributed by atoms with Gasteiger partial charge >= 0.3 is 0 Å². The minimum Gasteiger partial charge on any atom is -0.390 e. The maximum atomic E-state index is 14.1. The number of hydrogen-bond acceptors (Lipinski definition) is 4. The van der Waals surface area contributed by atoms with Gasteiger partial charge in [0.2, 0.25) is 0 Å². The molecule has 6 nitrogen and oxygen atoms in total. The number of aryl methyl sites for hydroxylation is 2. The van der Waals surface area contributed by atoms with Crippen molar-refractivity contribution >= 4 is 11.8 Å². The highest BCUT2D eigenvalue weighted by molar-refractivity contribution is 6.00. The van der Waals surface area contributed by atoms with E-state index < -0.39 is 29.7 Å². The summed E-state index contributed by atoms with van der Waals surface area (Å²) in [5.41, 5.74) is 3.93. The number of nitrogens with one attached hydrogen (secondary N) is 2. The lowest BCUT2D eigenvalue weighted by molar-refractivity contribution is 0.0755. The molecule has 1 fully saturated rings. The van der Waals surface area contributed by atoms with E-state index in [-0.39, 0.29) is 30.0 Å². The van der Waals surface area contributed by atoms with E-state index in [0.717, 1.165) is 49.3 Å². The number of carbonyl (C=O) groups is 2. The number of benzene rings is 3. The number of aliphatic hydroxyl groups is 1. The predicted octanol–water partition coefficient (Wildman–Crippen LogP) is 6.08. The first-order chi connectivity index (χ1) is 21.1. The molecule has 1 aliphatic rings. The van der Waals surface area contributed by atoms with Gasteiger partial charge < -0.3 is 20.6 Å². The Balaban J connectivity index is 1.55. The van der Waals surface area contributed by atoms with Crippen LogP contribution in [0.1, 0.15) is 89.4 Å². The zero-order valence-electron chi connectivity index (χ0n) is 26.3. The molecule has 2 atom stereocenters. The van der Waals surface area contributed by atoms with Crippen LogP contribution in [0.25, 0.3) is 0 Å². The molecular formula is C36H45F2N3O3. The molecule has 0 unspecified atom stereocenters. The number of carbonyl (C=O) groups excluding carboxylic acids is 2. The summed E-state index contributed by atoms with van der Waals surface area (Å²) in [6.07, 6.45) is 3.37. The van der Waals surface area contributed by atoms with Crippen LogP contribution in [0.4, 0.5) is 8.78 Å². The molecular weight excluding hydrogens is 560 g/mol. The Bertz CT molecular complexity index is 1430. The van der Waals surface area contributed by atoms with Crippen molar-refractivity contribution in [3.05, 3.63) is 106 Å². The number of halogens is 2. The van der Waals surface area contributed by atoms with E-state index in [1.54, 1.807) is 23.1 Å². The zero-order valence-corrected chi connectivity index (χ0v) is 26.3. The van der Waals surface area contributed by atoms with Crippen LogP contribution in [-0.2, 0) is 18.4 Å². The standard InChI is InChI=1S/C36H45F2N3O3/c1-5-13-41(14-6-2)35(44)28-16-24(4)15-27(21-28)34(43)40-32(20-26-18-30(37)22-31(38)19-26)33(42)23-39-36(11-12-36)29-10-8-9-25(7-3)17-29/h8-10,15-19,21-22,32-33,39,42H,5-7,11-14,20,23H2,1-4H3,(H,40,43)/t32-,33+/m0/s1. The summed E-state index contributed by atoms with van der Waals surface area (Å²) in [7, 11) is 0. The summed E-state index contributed by atoms with van der Waals surface area (Å²) in [6, 6.07) is 15.8. The molecule has 0 spiro atoms. The van der Waals surface area contributed by atoms with Crippen molar-refractivity contribution in [1.29, 1.82) is 0 Å². The fraction of sp³-hybridized carbons (Fsp3) is 0.444. The molecule has 8 heteroatoms. The van der Waals surface area contributed by atoms with Gasteiger partial charge in [-0.3, -0.25) is 9.59 Å². The summed E-state index contributed by atoms with van der Waals surface area (Å²) in [6.45, 7) is 9.38. The van der Waals surface area contributed by atoms with E-state index in [1.807, 2.05) is 26.8 Å². The molecule has 0 aromatic heterocycles. The normalized spacial score (nSPS) is 15.0. The Kier molecular flexibility index (Phi) is 11.3. The zero-order chi connectivity index (χ0) is 31.9. The number of rotatable bonds is 15. The second-order valence-electron chi connectivity index (χ2n) is 12.0. The van der Waals surface area contributed by atoms with Crippen LogP contribution < -0.4 is 10.6 Å². The highest BCUT2D eigenvalue weighted by atomic mass is 19.1. The molecule has 0 bridgehead atoms. The maximum Gasteiger partial charge on any atom is 0.253 e. The smallest absolute Gasteiger partial charge is 0.253 e. The molecule has 236 valence electrons. The Hall–Kier alpha value is -3.62. The highest BCUT2D eigenvalue weighted by Crippen LogP contribution is 2.45. The summed E-state index contributed by atoms with van der Waals surface area (Å²) >= 11 is 0. The van der Waals surface area contributed by atoms with Crippen molar-refractivity contribution < 1.29 is 23.5 Å². The fourth-order valence-electron chi connectivity index (χ4n) is 5.82. The van der Waals surface area contributed by atoms with E-state index >= 15 is 0 Å². The number of nitrogens with zero attached hydrogens (tertiary/aromatic N) is 1. The molecule has 1 saturated carbocycles. The van der Waals surface area contributed by atoms with Gasteiger partial charge in [0.1, 0.15) is 11.6 Å². The monoisotopic (exact) mass is 605 g/mol. The lowest BCUT2D eigenvalue weighted by atomic mass is 9.97. The minimum atomic E-state index is -1.06. The van der Waals surface area contributed by atoms with Gasteiger partial charge in [0.15, 0.2) is 0 Å². The third kappa shape index (κ3) is 8.51. The number of aliphatic hydroxyl groups excluding tert-OH is 1. The van der Waals surface area contributed by atoms with Crippen LogP contribution in [0.3, 0.4) is 0 Å². The Morgan fingerprint density at radius 3 is 2.18 bits per heavy atom. The molecule has 0 saturated heterocycles. The van der Waals surface area contributed by atoms with Gasteiger partial charge in [-0.25, -0.2) is 8.78 Å². The molecule has 1 aliphatic carbocycles. The van der Waals surface area contributed by atoms with Crippen molar-refractivity contribution in [3.8, 4) is 0 Å². The summed E-state index contributed by atoms with van der Waals surface area (Å²) in [5, 5.41) is 17.8. The van der Waals surface area contributed by atoms with Gasteiger partial charge in [0.25, 0.3) is 11.8 Å². The van der Waals surface area contributed by atoms with Crippen LogP contribution >= 0.6 is 0 Å². The molecule has 3 N–H and O–H groups in total. The van der Waals surface area contributed by atoms with E-state index in [2.05, 4.69) is 35.8 Å². The molecule has 2 amide bonds. The highest BCUT2D eigenvalue weighted by Gasteiger charge is 2.44. The molecule has 0 heterocycles. The van der Waals surface area contributed by atoms with Crippen molar-refractivity contribution in [1.82, 2.24) is 15.5 Å². The molecule has 3 aromatic rings. The average Bonchev–Trinajstić information content (AvgIpc) is 3.79. The molecule has 0 aliphatic heterocycles. The van der Waals surface area contributed by atoms with Gasteiger partial charge in [-0.1, -0.05) is 45.0 Å². The third-order valence-electron chi connectivity index (χ3n) is 8.31. The average molecular weight is 606 g/mol. The van der Waals surface area contributed by atoms with Crippen LogP contribution in [0, 0.1) is 18.6 Å². The van der Waals surface area contributed by atoms with Gasteiger partial charge in [-0.2, -0.15) is 0 Å². The lowest BCUT2D eigenvalue weighted by Gasteiger charge is -2.28. The largest absolute Gasteiger partial charge is 0.390 e. The molecule has 4 rings (SSSR count). The topological polar surface area (TPSA) is 81.7 Å². The van der Waals surface area contributed by atoms with Crippen LogP contribution in [0.2, 0.25) is 0 Å². The second-order valence-corrected chi connectivity index (χ2v) is 12.0. The van der Waals surface area contributed by atoms with Crippen molar-refractivity contribution in [3.63, 3.8) is 0 Å². The first kappa shape index (κ1) is 33.3. The van der Waals surface area contributed by atoms with Crippen LogP contribution in [0.5, 0.6) is 0 Å². The van der Waals surface area contributed by atoms with Gasteiger partial charge in [0, 0.05) is 42.4 Å². The molecule has 0 radical (unpaired) electrons. The first-order valence-electron chi connectivity index (χ1n) is 15.8. The molecule has 3 aromatic carbocycles. The van der Waals surface area contributed by atoms with Crippen molar-refractivity contribution in [2.24, 2.45) is 0 Å². The fourth-order valence-corrected chi connectivity index (χ4v) is 5.82. The second kappa shape index (κ2) is 14.9. The summed E-state index contributed by atoms with van der Waals surface area (Å²) < 4.78 is 28.1. The lowest BCUT2D eigenvalue weighted by Crippen LogP contribution is -2.50. The Labute approximate surface area is 259 Å². The maximum absolute atomic E-state index is 14.1. The third-order valence-corrected chi connectivity index (χ3v) is 8.31. The van der Waals surface area contributed by atoms with E-state index in [0.29, 0.717) is 24.2 Å². The molecule has 44 heavy (non-hydrogen) atoms. The van der Waals surface area contributed by atoms with E-state index in [4.69, 9.17) is 0 Å². The Morgan fingerprint density at radius 1 is 0.909 bits per heavy atom. The van der Waals surface area contributed by atoms with Crippen LogP contribution in [-0.4, -0.2) is 53.6 Å². The van der Waals surface area contributed by atoms with Crippen molar-refractivity contribution in [2.75, 3.05) is 19.6 Å². The van der Waals surface area contributed by atoms with Crippen LogP contribution in [0.15, 0.2) is 60.7 Å². The van der Waals surface area contributed by atoms with Gasteiger partial charge in [-0.15, -0.1) is 0 Å². The van der Waals surface area contributed by atoms with Gasteiger partial charge in [0.05, 0.1) is 12.1 Å². The van der Waals surface area contributed by atoms with E-state index in [9.17, 15) is 23.5 Å². The summed E-state index contributed by atoms with van der Waals surface area (Å²) in [4.78, 5) is 28.7. The van der Waals surface area contributed by atoms with Crippen molar-refractivity contribution in [2.45, 2.75) is 83.9 Å². The van der Waals surface area contributed by atoms with Gasteiger partial charge in [-0.05, 0) is 98.0 Å². The Morgan fingerprint density at radius 2 is 1.57 bits per heavy atom. The quantitative estimate of drug-likeness (QED) is 0.196. The number of amides is 2.